The van der Waals surface area contributed by atoms with Gasteiger partial charge in [0.1, 0.15) is 5.75 Å². The van der Waals surface area contributed by atoms with Crippen LogP contribution in [0, 0.1) is 5.92 Å². The average molecular weight is 208 g/mol. The molecule has 1 rings (SSSR count). The zero-order chi connectivity index (χ0) is 11.1. The number of nitrogens with one attached hydrogen (secondary N) is 1. The van der Waals surface area contributed by atoms with E-state index in [1.165, 1.54) is 0 Å². The van der Waals surface area contributed by atoms with Crippen molar-refractivity contribution in [1.29, 1.82) is 0 Å². The summed E-state index contributed by atoms with van der Waals surface area (Å²) in [6, 6.07) is 7.93. The largest absolute Gasteiger partial charge is 0.497 e. The van der Waals surface area contributed by atoms with Gasteiger partial charge < -0.3 is 15.8 Å². The van der Waals surface area contributed by atoms with Crippen LogP contribution in [-0.2, 0) is 0 Å². The molecule has 0 fully saturated rings. The Hall–Kier alpha value is -1.22. The monoisotopic (exact) mass is 208 g/mol. The fourth-order valence-electron chi connectivity index (χ4n) is 1.37. The van der Waals surface area contributed by atoms with Gasteiger partial charge in [0.2, 0.25) is 0 Å². The van der Waals surface area contributed by atoms with E-state index in [2.05, 4.69) is 12.2 Å². The van der Waals surface area contributed by atoms with E-state index >= 15 is 0 Å². The van der Waals surface area contributed by atoms with Crippen molar-refractivity contribution in [1.82, 2.24) is 0 Å². The lowest BCUT2D eigenvalue weighted by atomic mass is 10.1. The normalized spacial score (nSPS) is 12.2. The lowest BCUT2D eigenvalue weighted by Crippen LogP contribution is -2.21. The van der Waals surface area contributed by atoms with Gasteiger partial charge in [-0.3, -0.25) is 0 Å². The Labute approximate surface area is 91.6 Å². The van der Waals surface area contributed by atoms with Crippen LogP contribution in [-0.4, -0.2) is 20.2 Å². The summed E-state index contributed by atoms with van der Waals surface area (Å²) < 4.78 is 5.09. The molecule has 0 aliphatic carbocycles. The number of anilines is 1. The number of nitrogens with two attached hydrogens (primary N) is 1. The smallest absolute Gasteiger partial charge is 0.119 e. The molecule has 0 aliphatic heterocycles. The highest BCUT2D eigenvalue weighted by Gasteiger charge is 2.02. The molecule has 15 heavy (non-hydrogen) atoms. The third kappa shape index (κ3) is 3.80. The zero-order valence-corrected chi connectivity index (χ0v) is 9.49. The summed E-state index contributed by atoms with van der Waals surface area (Å²) in [6.07, 6.45) is 1.11. The standard InChI is InChI=1S/C12H20N2O/c1-3-10(8-13)9-14-11-4-6-12(15-2)7-5-11/h4-7,10,14H,3,8-9,13H2,1-2H3. The van der Waals surface area contributed by atoms with E-state index in [-0.39, 0.29) is 0 Å². The molecule has 0 spiro atoms. The van der Waals surface area contributed by atoms with E-state index in [4.69, 9.17) is 10.5 Å². The number of benzene rings is 1. The van der Waals surface area contributed by atoms with Gasteiger partial charge in [0.25, 0.3) is 0 Å². The van der Waals surface area contributed by atoms with Gasteiger partial charge in [0.15, 0.2) is 0 Å². The highest BCUT2D eigenvalue weighted by molar-refractivity contribution is 5.46. The number of hydrogen-bond donors (Lipinski definition) is 2. The van der Waals surface area contributed by atoms with E-state index < -0.39 is 0 Å². The van der Waals surface area contributed by atoms with Crippen LogP contribution in [0.5, 0.6) is 5.75 Å². The van der Waals surface area contributed by atoms with Crippen molar-refractivity contribution in [2.24, 2.45) is 11.7 Å². The molecule has 84 valence electrons. The topological polar surface area (TPSA) is 47.3 Å². The number of methoxy groups -OCH3 is 1. The SMILES string of the molecule is CCC(CN)CNc1ccc(OC)cc1. The van der Waals surface area contributed by atoms with Crippen molar-refractivity contribution < 1.29 is 4.74 Å². The lowest BCUT2D eigenvalue weighted by molar-refractivity contribution is 0.415. The Morgan fingerprint density at radius 2 is 2.00 bits per heavy atom. The second-order valence-electron chi connectivity index (χ2n) is 3.62. The molecule has 1 atom stereocenters. The zero-order valence-electron chi connectivity index (χ0n) is 9.49. The Morgan fingerprint density at radius 3 is 2.47 bits per heavy atom. The van der Waals surface area contributed by atoms with Crippen molar-refractivity contribution >= 4 is 5.69 Å². The molecule has 1 aromatic rings. The average Bonchev–Trinajstić information content (AvgIpc) is 2.31. The van der Waals surface area contributed by atoms with E-state index in [1.54, 1.807) is 7.11 Å². The second kappa shape index (κ2) is 6.30. The van der Waals surface area contributed by atoms with Gasteiger partial charge in [0, 0.05) is 12.2 Å². The van der Waals surface area contributed by atoms with Gasteiger partial charge in [-0.25, -0.2) is 0 Å². The maximum atomic E-state index is 5.63. The predicted octanol–water partition coefficient (Wildman–Crippen LogP) is 2.09. The van der Waals surface area contributed by atoms with Gasteiger partial charge in [0.05, 0.1) is 7.11 Å². The number of rotatable bonds is 6. The van der Waals surface area contributed by atoms with Gasteiger partial charge in [-0.2, -0.15) is 0 Å². The predicted molar refractivity (Wildman–Crippen MR) is 64.3 cm³/mol. The molecule has 0 saturated heterocycles. The van der Waals surface area contributed by atoms with Crippen LogP contribution >= 0.6 is 0 Å². The molecule has 1 unspecified atom stereocenters. The Balaban J connectivity index is 2.43. The van der Waals surface area contributed by atoms with Crippen LogP contribution in [0.4, 0.5) is 5.69 Å². The number of ether oxygens (including phenoxy) is 1. The third-order valence-corrected chi connectivity index (χ3v) is 2.60. The van der Waals surface area contributed by atoms with E-state index in [1.807, 2.05) is 24.3 Å². The maximum absolute atomic E-state index is 5.63. The Bertz CT molecular complexity index is 267. The molecule has 0 aliphatic rings. The maximum Gasteiger partial charge on any atom is 0.119 e. The molecule has 0 heterocycles. The molecule has 0 aromatic heterocycles. The molecule has 1 aromatic carbocycles. The first-order chi connectivity index (χ1) is 7.30. The first-order valence-corrected chi connectivity index (χ1v) is 5.38. The molecule has 3 nitrogen and oxygen atoms in total. The summed E-state index contributed by atoms with van der Waals surface area (Å²) in [5.74, 6) is 1.43. The van der Waals surface area contributed by atoms with Crippen molar-refractivity contribution in [2.75, 3.05) is 25.5 Å². The molecule has 3 N–H and O–H groups in total. The lowest BCUT2D eigenvalue weighted by Gasteiger charge is -2.14. The molecule has 0 amide bonds. The van der Waals surface area contributed by atoms with Gasteiger partial charge in [-0.1, -0.05) is 13.3 Å². The minimum absolute atomic E-state index is 0.548. The molecule has 0 radical (unpaired) electrons. The summed E-state index contributed by atoms with van der Waals surface area (Å²) >= 11 is 0. The fraction of sp³-hybridized carbons (Fsp3) is 0.500. The minimum atomic E-state index is 0.548. The van der Waals surface area contributed by atoms with Gasteiger partial charge in [-0.05, 0) is 36.7 Å². The molecular formula is C12H20N2O. The third-order valence-electron chi connectivity index (χ3n) is 2.60. The van der Waals surface area contributed by atoms with Gasteiger partial charge in [-0.15, -0.1) is 0 Å². The van der Waals surface area contributed by atoms with Crippen molar-refractivity contribution in [3.8, 4) is 5.75 Å². The molecule has 0 bridgehead atoms. The molecule has 3 heteroatoms. The van der Waals surface area contributed by atoms with Crippen LogP contribution in [0.15, 0.2) is 24.3 Å². The van der Waals surface area contributed by atoms with Crippen molar-refractivity contribution in [3.63, 3.8) is 0 Å². The summed E-state index contributed by atoms with van der Waals surface area (Å²) in [6.45, 7) is 3.83. The first-order valence-electron chi connectivity index (χ1n) is 5.38. The van der Waals surface area contributed by atoms with E-state index in [9.17, 15) is 0 Å². The molecule has 0 saturated carbocycles. The highest BCUT2D eigenvalue weighted by atomic mass is 16.5. The first kappa shape index (κ1) is 11.9. The Morgan fingerprint density at radius 1 is 1.33 bits per heavy atom. The quantitative estimate of drug-likeness (QED) is 0.752. The van der Waals surface area contributed by atoms with Crippen LogP contribution in [0.1, 0.15) is 13.3 Å². The second-order valence-corrected chi connectivity index (χ2v) is 3.62. The highest BCUT2D eigenvalue weighted by Crippen LogP contribution is 2.15. The van der Waals surface area contributed by atoms with Gasteiger partial charge >= 0.3 is 0 Å². The van der Waals surface area contributed by atoms with Crippen LogP contribution in [0.3, 0.4) is 0 Å². The van der Waals surface area contributed by atoms with Crippen molar-refractivity contribution in [3.05, 3.63) is 24.3 Å². The summed E-state index contributed by atoms with van der Waals surface area (Å²) in [4.78, 5) is 0. The van der Waals surface area contributed by atoms with E-state index in [0.717, 1.165) is 30.9 Å². The molecular weight excluding hydrogens is 188 g/mol. The van der Waals surface area contributed by atoms with Crippen LogP contribution in [0.25, 0.3) is 0 Å². The minimum Gasteiger partial charge on any atom is -0.497 e. The summed E-state index contributed by atoms with van der Waals surface area (Å²) in [5.41, 5.74) is 6.75. The van der Waals surface area contributed by atoms with Crippen LogP contribution in [0.2, 0.25) is 0 Å². The summed E-state index contributed by atoms with van der Waals surface area (Å²) in [5, 5.41) is 3.36. The number of hydrogen-bond acceptors (Lipinski definition) is 3. The summed E-state index contributed by atoms with van der Waals surface area (Å²) in [7, 11) is 1.67. The van der Waals surface area contributed by atoms with E-state index in [0.29, 0.717) is 5.92 Å². The van der Waals surface area contributed by atoms with Crippen molar-refractivity contribution in [2.45, 2.75) is 13.3 Å². The van der Waals surface area contributed by atoms with Crippen LogP contribution < -0.4 is 15.8 Å². The Kier molecular flexibility index (Phi) is 4.98. The fourth-order valence-corrected chi connectivity index (χ4v) is 1.37.